The molecule has 1 fully saturated rings. The predicted molar refractivity (Wildman–Crippen MR) is 83.0 cm³/mol. The largest absolute Gasteiger partial charge is 0.381 e. The highest BCUT2D eigenvalue weighted by Crippen LogP contribution is 2.17. The van der Waals surface area contributed by atoms with Gasteiger partial charge in [-0.25, -0.2) is 4.98 Å². The molecule has 112 valence electrons. The molecule has 4 nitrogen and oxygen atoms in total. The summed E-state index contributed by atoms with van der Waals surface area (Å²) < 4.78 is 5.54. The van der Waals surface area contributed by atoms with Crippen LogP contribution in [0.2, 0.25) is 0 Å². The fourth-order valence-electron chi connectivity index (χ4n) is 2.59. The second-order valence-corrected chi connectivity index (χ2v) is 5.67. The van der Waals surface area contributed by atoms with Crippen molar-refractivity contribution in [3.05, 3.63) is 23.9 Å². The van der Waals surface area contributed by atoms with Gasteiger partial charge in [-0.1, -0.05) is 13.0 Å². The summed E-state index contributed by atoms with van der Waals surface area (Å²) in [6.07, 6.45) is 5.60. The SMILES string of the molecule is CCCNCc1ccc(N(C)CC2CCCOC2)nc1. The van der Waals surface area contributed by atoms with Crippen molar-refractivity contribution in [2.75, 3.05) is 38.3 Å². The molecule has 2 rings (SSSR count). The second kappa shape index (κ2) is 8.22. The molecule has 1 unspecified atom stereocenters. The van der Waals surface area contributed by atoms with Crippen LogP contribution in [-0.2, 0) is 11.3 Å². The zero-order valence-electron chi connectivity index (χ0n) is 12.8. The lowest BCUT2D eigenvalue weighted by molar-refractivity contribution is 0.0576. The molecule has 0 aromatic carbocycles. The van der Waals surface area contributed by atoms with Gasteiger partial charge in [0.2, 0.25) is 0 Å². The van der Waals surface area contributed by atoms with E-state index in [2.05, 4.69) is 41.3 Å². The van der Waals surface area contributed by atoms with Crippen LogP contribution in [0.5, 0.6) is 0 Å². The number of nitrogens with one attached hydrogen (secondary N) is 1. The molecule has 0 aliphatic carbocycles. The molecule has 0 radical (unpaired) electrons. The predicted octanol–water partition coefficient (Wildman–Crippen LogP) is 2.44. The number of ether oxygens (including phenoxy) is 1. The van der Waals surface area contributed by atoms with Crippen LogP contribution in [0.15, 0.2) is 18.3 Å². The molecule has 20 heavy (non-hydrogen) atoms. The van der Waals surface area contributed by atoms with E-state index in [0.29, 0.717) is 5.92 Å². The Morgan fingerprint density at radius 2 is 2.35 bits per heavy atom. The van der Waals surface area contributed by atoms with E-state index in [4.69, 9.17) is 4.74 Å². The second-order valence-electron chi connectivity index (χ2n) is 5.67. The zero-order chi connectivity index (χ0) is 14.2. The summed E-state index contributed by atoms with van der Waals surface area (Å²) in [5, 5.41) is 3.40. The van der Waals surface area contributed by atoms with Crippen molar-refractivity contribution in [3.8, 4) is 0 Å². The molecule has 1 N–H and O–H groups in total. The van der Waals surface area contributed by atoms with Crippen molar-refractivity contribution >= 4 is 5.82 Å². The lowest BCUT2D eigenvalue weighted by Gasteiger charge is -2.27. The van der Waals surface area contributed by atoms with E-state index in [1.165, 1.54) is 18.4 Å². The van der Waals surface area contributed by atoms with Crippen LogP contribution in [0, 0.1) is 5.92 Å². The van der Waals surface area contributed by atoms with Gasteiger partial charge in [0.25, 0.3) is 0 Å². The van der Waals surface area contributed by atoms with Crippen molar-refractivity contribution in [1.82, 2.24) is 10.3 Å². The Labute approximate surface area is 122 Å². The zero-order valence-corrected chi connectivity index (χ0v) is 12.8. The van der Waals surface area contributed by atoms with Crippen molar-refractivity contribution in [3.63, 3.8) is 0 Å². The van der Waals surface area contributed by atoms with E-state index in [1.807, 2.05) is 6.20 Å². The summed E-state index contributed by atoms with van der Waals surface area (Å²) in [6, 6.07) is 4.28. The van der Waals surface area contributed by atoms with Crippen LogP contribution >= 0.6 is 0 Å². The van der Waals surface area contributed by atoms with E-state index >= 15 is 0 Å². The maximum Gasteiger partial charge on any atom is 0.128 e. The lowest BCUT2D eigenvalue weighted by atomic mass is 10.0. The average Bonchev–Trinajstić information content (AvgIpc) is 2.49. The van der Waals surface area contributed by atoms with Gasteiger partial charge in [-0.15, -0.1) is 0 Å². The van der Waals surface area contributed by atoms with Crippen LogP contribution < -0.4 is 10.2 Å². The van der Waals surface area contributed by atoms with Gasteiger partial charge in [0.05, 0.1) is 6.61 Å². The van der Waals surface area contributed by atoms with E-state index in [9.17, 15) is 0 Å². The molecular weight excluding hydrogens is 250 g/mol. The maximum atomic E-state index is 5.54. The highest BCUT2D eigenvalue weighted by molar-refractivity contribution is 5.38. The van der Waals surface area contributed by atoms with E-state index in [-0.39, 0.29) is 0 Å². The molecule has 0 bridgehead atoms. The molecule has 0 saturated carbocycles. The molecule has 1 aromatic heterocycles. The molecular formula is C16H27N3O. The molecule has 4 heteroatoms. The first-order chi connectivity index (χ1) is 9.79. The molecule has 1 aromatic rings. The number of pyridine rings is 1. The minimum absolute atomic E-state index is 0.640. The molecule has 1 aliphatic rings. The molecule has 1 aliphatic heterocycles. The minimum atomic E-state index is 0.640. The van der Waals surface area contributed by atoms with Crippen LogP contribution in [0.25, 0.3) is 0 Å². The molecule has 1 saturated heterocycles. The fraction of sp³-hybridized carbons (Fsp3) is 0.688. The summed E-state index contributed by atoms with van der Waals surface area (Å²) in [6.45, 7) is 6.99. The molecule has 0 spiro atoms. The first-order valence-corrected chi connectivity index (χ1v) is 7.74. The number of aromatic nitrogens is 1. The lowest BCUT2D eigenvalue weighted by Crippen LogP contribution is -2.31. The number of nitrogens with zero attached hydrogens (tertiary/aromatic N) is 2. The van der Waals surface area contributed by atoms with Gasteiger partial charge in [0.15, 0.2) is 0 Å². The Balaban J connectivity index is 1.81. The van der Waals surface area contributed by atoms with Crippen LogP contribution in [0.3, 0.4) is 0 Å². The monoisotopic (exact) mass is 277 g/mol. The third-order valence-corrected chi connectivity index (χ3v) is 3.74. The van der Waals surface area contributed by atoms with E-state index in [0.717, 1.165) is 45.1 Å². The van der Waals surface area contributed by atoms with Gasteiger partial charge in [0, 0.05) is 32.9 Å². The smallest absolute Gasteiger partial charge is 0.128 e. The Morgan fingerprint density at radius 1 is 1.45 bits per heavy atom. The van der Waals surface area contributed by atoms with Crippen LogP contribution in [0.1, 0.15) is 31.7 Å². The number of hydrogen-bond acceptors (Lipinski definition) is 4. The number of rotatable bonds is 7. The standard InChI is InChI=1S/C16H27N3O/c1-3-8-17-10-14-6-7-16(18-11-14)19(2)12-15-5-4-9-20-13-15/h6-7,11,15,17H,3-5,8-10,12-13H2,1-2H3. The number of anilines is 1. The molecule has 1 atom stereocenters. The average molecular weight is 277 g/mol. The summed E-state index contributed by atoms with van der Waals surface area (Å²) in [7, 11) is 2.12. The fourth-order valence-corrected chi connectivity index (χ4v) is 2.59. The van der Waals surface area contributed by atoms with Gasteiger partial charge < -0.3 is 15.0 Å². The van der Waals surface area contributed by atoms with Crippen molar-refractivity contribution < 1.29 is 4.74 Å². The van der Waals surface area contributed by atoms with Gasteiger partial charge in [-0.3, -0.25) is 0 Å². The summed E-state index contributed by atoms with van der Waals surface area (Å²) >= 11 is 0. The van der Waals surface area contributed by atoms with Gasteiger partial charge >= 0.3 is 0 Å². The third-order valence-electron chi connectivity index (χ3n) is 3.74. The Kier molecular flexibility index (Phi) is 6.27. The topological polar surface area (TPSA) is 37.4 Å². The maximum absolute atomic E-state index is 5.54. The van der Waals surface area contributed by atoms with E-state index < -0.39 is 0 Å². The van der Waals surface area contributed by atoms with Crippen LogP contribution in [-0.4, -0.2) is 38.3 Å². The summed E-state index contributed by atoms with van der Waals surface area (Å²) in [5.74, 6) is 1.69. The van der Waals surface area contributed by atoms with Gasteiger partial charge in [-0.05, 0) is 43.4 Å². The number of hydrogen-bond donors (Lipinski definition) is 1. The van der Waals surface area contributed by atoms with Crippen molar-refractivity contribution in [1.29, 1.82) is 0 Å². The van der Waals surface area contributed by atoms with E-state index in [1.54, 1.807) is 0 Å². The first-order valence-electron chi connectivity index (χ1n) is 7.74. The highest BCUT2D eigenvalue weighted by atomic mass is 16.5. The molecule has 2 heterocycles. The highest BCUT2D eigenvalue weighted by Gasteiger charge is 2.16. The van der Waals surface area contributed by atoms with Gasteiger partial charge in [0.1, 0.15) is 5.82 Å². The Bertz CT molecular complexity index is 374. The summed E-state index contributed by atoms with van der Waals surface area (Å²) in [5.41, 5.74) is 1.25. The Hall–Kier alpha value is -1.13. The molecule has 0 amide bonds. The normalized spacial score (nSPS) is 19.0. The third kappa shape index (κ3) is 4.76. The Morgan fingerprint density at radius 3 is 3.00 bits per heavy atom. The quantitative estimate of drug-likeness (QED) is 0.777. The van der Waals surface area contributed by atoms with Crippen LogP contribution in [0.4, 0.5) is 5.82 Å². The van der Waals surface area contributed by atoms with Crippen molar-refractivity contribution in [2.24, 2.45) is 5.92 Å². The van der Waals surface area contributed by atoms with Gasteiger partial charge in [-0.2, -0.15) is 0 Å². The van der Waals surface area contributed by atoms with Crippen molar-refractivity contribution in [2.45, 2.75) is 32.7 Å². The first kappa shape index (κ1) is 15.3. The minimum Gasteiger partial charge on any atom is -0.381 e. The summed E-state index contributed by atoms with van der Waals surface area (Å²) in [4.78, 5) is 6.81.